The highest BCUT2D eigenvalue weighted by Crippen LogP contribution is 2.30. The molecule has 0 aliphatic carbocycles. The van der Waals surface area contributed by atoms with Crippen molar-refractivity contribution in [1.29, 1.82) is 0 Å². The summed E-state index contributed by atoms with van der Waals surface area (Å²) in [5.41, 5.74) is 0. The van der Waals surface area contributed by atoms with Crippen molar-refractivity contribution < 1.29 is 31.5 Å². The molecule has 0 unspecified atom stereocenters. The highest BCUT2D eigenvalue weighted by Gasteiger charge is 2.41. The van der Waals surface area contributed by atoms with Crippen molar-refractivity contribution in [1.82, 2.24) is 0 Å². The van der Waals surface area contributed by atoms with Crippen LogP contribution < -0.4 is 0 Å². The molecule has 122 valence electrons. The molecule has 0 aliphatic rings. The number of alkyl halides is 3. The Labute approximate surface area is 120 Å². The number of unbranched alkanes of at least 4 members (excludes halogenated alkanes) is 6. The number of hydrogen-bond acceptors (Lipinski definition) is 2. The smallest absolute Gasteiger partial charge is 0.415 e. The summed E-state index contributed by atoms with van der Waals surface area (Å²) in [6.45, 7) is 3.59. The molecule has 0 atom stereocenters. The first-order valence-electron chi connectivity index (χ1n) is 6.73. The van der Waals surface area contributed by atoms with Crippen LogP contribution in [0.15, 0.2) is 24.5 Å². The molecule has 0 amide bonds. The number of hydrogen-bond donors (Lipinski definition) is 0. The van der Waals surface area contributed by atoms with E-state index in [0.29, 0.717) is 12.8 Å². The lowest BCUT2D eigenvalue weighted by atomic mass is 10.1. The van der Waals surface area contributed by atoms with Crippen molar-refractivity contribution in [3.63, 3.8) is 0 Å². The Morgan fingerprint density at radius 1 is 1.00 bits per heavy atom. The van der Waals surface area contributed by atoms with Crippen molar-refractivity contribution >= 4 is 5.97 Å². The van der Waals surface area contributed by atoms with Crippen LogP contribution in [-0.4, -0.2) is 12.1 Å². The van der Waals surface area contributed by atoms with Crippen LogP contribution in [0.1, 0.15) is 51.4 Å². The van der Waals surface area contributed by atoms with Crippen LogP contribution in [0.5, 0.6) is 0 Å². The van der Waals surface area contributed by atoms with Crippen LogP contribution in [-0.2, 0) is 9.53 Å². The van der Waals surface area contributed by atoms with Crippen molar-refractivity contribution in [3.05, 3.63) is 24.5 Å². The van der Waals surface area contributed by atoms with Gasteiger partial charge in [0.05, 0.1) is 0 Å². The molecule has 0 bridgehead atoms. The van der Waals surface area contributed by atoms with Gasteiger partial charge in [0.1, 0.15) is 0 Å². The van der Waals surface area contributed by atoms with Gasteiger partial charge in [0, 0.05) is 6.42 Å². The maximum atomic E-state index is 12.1. The molecule has 0 spiro atoms. The summed E-state index contributed by atoms with van der Waals surface area (Å²) in [5.74, 6) is -3.81. The topological polar surface area (TPSA) is 26.3 Å². The quantitative estimate of drug-likeness (QED) is 0.175. The molecule has 0 rings (SSSR count). The lowest BCUT2D eigenvalue weighted by Gasteiger charge is -2.10. The molecule has 0 aromatic carbocycles. The average molecular weight is 314 g/mol. The zero-order chi connectivity index (χ0) is 16.3. The van der Waals surface area contributed by atoms with Gasteiger partial charge in [-0.2, -0.15) is 22.0 Å². The Bertz CT molecular complexity index is 357. The number of halogens is 5. The number of rotatable bonds is 10. The molecule has 0 N–H and O–H groups in total. The SMILES string of the molecule is C=CCCCCCCCCC(=O)OC(=C(F)F)C(F)(F)F. The van der Waals surface area contributed by atoms with E-state index in [2.05, 4.69) is 11.3 Å². The lowest BCUT2D eigenvalue weighted by Crippen LogP contribution is -2.19. The van der Waals surface area contributed by atoms with Crippen molar-refractivity contribution in [2.45, 2.75) is 57.5 Å². The summed E-state index contributed by atoms with van der Waals surface area (Å²) in [4.78, 5) is 11.1. The fourth-order valence-electron chi connectivity index (χ4n) is 1.63. The standard InChI is InChI=1S/C14H19F5O2/c1-2-3-4-5-6-7-8-9-10-11(20)21-12(13(15)16)14(17,18)19/h2H,1,3-10H2. The molecule has 21 heavy (non-hydrogen) atoms. The Balaban J connectivity index is 3.86. The van der Waals surface area contributed by atoms with Gasteiger partial charge in [-0.1, -0.05) is 31.8 Å². The zero-order valence-electron chi connectivity index (χ0n) is 11.6. The summed E-state index contributed by atoms with van der Waals surface area (Å²) < 4.78 is 64.0. The van der Waals surface area contributed by atoms with Crippen molar-refractivity contribution in [3.8, 4) is 0 Å². The molecule has 0 saturated carbocycles. The predicted octanol–water partition coefficient (Wildman–Crippen LogP) is 5.51. The highest BCUT2D eigenvalue weighted by atomic mass is 19.4. The van der Waals surface area contributed by atoms with Gasteiger partial charge in [0.15, 0.2) is 0 Å². The van der Waals surface area contributed by atoms with Crippen LogP contribution in [0.2, 0.25) is 0 Å². The van der Waals surface area contributed by atoms with Gasteiger partial charge in [0.2, 0.25) is 0 Å². The van der Waals surface area contributed by atoms with E-state index in [1.54, 1.807) is 0 Å². The third-order valence-electron chi connectivity index (χ3n) is 2.68. The van der Waals surface area contributed by atoms with Gasteiger partial charge >= 0.3 is 18.2 Å². The minimum absolute atomic E-state index is 0.306. The van der Waals surface area contributed by atoms with E-state index < -0.39 is 24.0 Å². The minimum atomic E-state index is -5.36. The first-order chi connectivity index (χ1) is 9.79. The molecule has 0 aromatic rings. The van der Waals surface area contributed by atoms with Crippen LogP contribution in [0.25, 0.3) is 0 Å². The fraction of sp³-hybridized carbons (Fsp3) is 0.643. The number of carbonyl (C=O) groups excluding carboxylic acids is 1. The number of ether oxygens (including phenoxy) is 1. The molecule has 0 heterocycles. The second-order valence-electron chi connectivity index (χ2n) is 4.51. The van der Waals surface area contributed by atoms with Crippen molar-refractivity contribution in [2.24, 2.45) is 0 Å². The molecule has 0 saturated heterocycles. The number of carbonyl (C=O) groups is 1. The third kappa shape index (κ3) is 10.0. The van der Waals surface area contributed by atoms with Crippen LogP contribution in [0.4, 0.5) is 22.0 Å². The van der Waals surface area contributed by atoms with Crippen LogP contribution in [0.3, 0.4) is 0 Å². The second-order valence-corrected chi connectivity index (χ2v) is 4.51. The van der Waals surface area contributed by atoms with Gasteiger partial charge in [-0.05, 0) is 19.3 Å². The van der Waals surface area contributed by atoms with Gasteiger partial charge in [-0.25, -0.2) is 0 Å². The molecule has 7 heteroatoms. The molecule has 0 fully saturated rings. The lowest BCUT2D eigenvalue weighted by molar-refractivity contribution is -0.163. The Morgan fingerprint density at radius 2 is 1.52 bits per heavy atom. The monoisotopic (exact) mass is 314 g/mol. The summed E-state index contributed by atoms with van der Waals surface area (Å²) >= 11 is 0. The highest BCUT2D eigenvalue weighted by molar-refractivity contribution is 5.70. The second kappa shape index (κ2) is 10.3. The maximum absolute atomic E-state index is 12.1. The van der Waals surface area contributed by atoms with E-state index in [9.17, 15) is 26.7 Å². The maximum Gasteiger partial charge on any atom is 0.455 e. The normalized spacial score (nSPS) is 11.1. The number of allylic oxidation sites excluding steroid dienone is 2. The zero-order valence-corrected chi connectivity index (χ0v) is 11.6. The molecular formula is C14H19F5O2. The Hall–Kier alpha value is -1.40. The van der Waals surface area contributed by atoms with E-state index in [0.717, 1.165) is 32.1 Å². The molecule has 2 nitrogen and oxygen atoms in total. The summed E-state index contributed by atoms with van der Waals surface area (Å²) in [6.07, 6.45) is -1.15. The first-order valence-corrected chi connectivity index (χ1v) is 6.73. The van der Waals surface area contributed by atoms with E-state index in [-0.39, 0.29) is 6.42 Å². The Morgan fingerprint density at radius 3 is 2.00 bits per heavy atom. The van der Waals surface area contributed by atoms with E-state index in [1.807, 2.05) is 6.08 Å². The van der Waals surface area contributed by atoms with Gasteiger partial charge in [-0.3, -0.25) is 4.79 Å². The molecular weight excluding hydrogens is 295 g/mol. The van der Waals surface area contributed by atoms with Gasteiger partial charge in [0.25, 0.3) is 5.76 Å². The Kier molecular flexibility index (Phi) is 9.65. The van der Waals surface area contributed by atoms with Gasteiger partial charge < -0.3 is 4.74 Å². The van der Waals surface area contributed by atoms with Crippen LogP contribution in [0, 0.1) is 0 Å². The fourth-order valence-corrected chi connectivity index (χ4v) is 1.63. The summed E-state index contributed by atoms with van der Waals surface area (Å²) in [5, 5.41) is 0. The summed E-state index contributed by atoms with van der Waals surface area (Å²) in [6, 6.07) is 0. The van der Waals surface area contributed by atoms with Crippen LogP contribution >= 0.6 is 0 Å². The average Bonchev–Trinajstić information content (AvgIpc) is 2.37. The third-order valence-corrected chi connectivity index (χ3v) is 2.68. The van der Waals surface area contributed by atoms with E-state index in [4.69, 9.17) is 0 Å². The largest absolute Gasteiger partial charge is 0.455 e. The molecule has 0 aromatic heterocycles. The van der Waals surface area contributed by atoms with E-state index in [1.165, 1.54) is 0 Å². The summed E-state index contributed by atoms with van der Waals surface area (Å²) in [7, 11) is 0. The number of esters is 1. The predicted molar refractivity (Wildman–Crippen MR) is 68.5 cm³/mol. The van der Waals surface area contributed by atoms with Crippen molar-refractivity contribution in [2.75, 3.05) is 0 Å². The minimum Gasteiger partial charge on any atom is -0.415 e. The molecule has 0 radical (unpaired) electrons. The van der Waals surface area contributed by atoms with E-state index >= 15 is 0 Å². The molecule has 0 aliphatic heterocycles. The first kappa shape index (κ1) is 19.6. The van der Waals surface area contributed by atoms with Gasteiger partial charge in [-0.15, -0.1) is 6.58 Å².